The first-order chi connectivity index (χ1) is 18.8. The zero-order valence-corrected chi connectivity index (χ0v) is 20.4. The maximum absolute atomic E-state index is 14.9. The summed E-state index contributed by atoms with van der Waals surface area (Å²) < 4.78 is 44.6. The van der Waals surface area contributed by atoms with Gasteiger partial charge in [0.15, 0.2) is 0 Å². The monoisotopic (exact) mass is 516 g/mol. The summed E-state index contributed by atoms with van der Waals surface area (Å²) in [5.41, 5.74) is 1.05. The number of allylic oxidation sites excluding steroid dienone is 3. The second-order valence-corrected chi connectivity index (χ2v) is 8.84. The molecule has 2 aliphatic rings. The van der Waals surface area contributed by atoms with Crippen molar-refractivity contribution in [3.8, 4) is 34.7 Å². The van der Waals surface area contributed by atoms with E-state index in [4.69, 9.17) is 13.1 Å². The highest BCUT2D eigenvalue weighted by Gasteiger charge is 2.44. The molecular weight excluding hydrogens is 501 g/mol. The molecule has 0 amide bonds. The van der Waals surface area contributed by atoms with Crippen molar-refractivity contribution >= 4 is 11.1 Å². The van der Waals surface area contributed by atoms with E-state index in [-0.39, 0.29) is 40.7 Å². The Bertz CT molecular complexity index is 1890. The third kappa shape index (κ3) is 3.86. The molecule has 186 valence electrons. The number of rotatable bonds is 2. The number of aromatic nitrogens is 2. The smallest absolute Gasteiger partial charge is 0.256 e. The summed E-state index contributed by atoms with van der Waals surface area (Å²) in [5, 5.41) is 19.6. The standard InChI is InChI=1S/C30H15F3N6/c1-16-18(29(36-2)37-3)12-20-24(16)25(22-8-4-6-10-38-22)21-13-19(17(14-34)15-35)28(30(31,32)33)27(21)26(20)23-9-5-7-11-39-23/h4-11H,12-13H2,1H3. The number of fused-ring (bicyclic) bond motifs is 2. The summed E-state index contributed by atoms with van der Waals surface area (Å²) in [6.07, 6.45) is -2.16. The van der Waals surface area contributed by atoms with E-state index in [9.17, 15) is 23.7 Å². The van der Waals surface area contributed by atoms with Crippen LogP contribution >= 0.6 is 0 Å². The number of benzene rings is 1. The molecule has 2 aromatic heterocycles. The molecule has 2 aliphatic carbocycles. The zero-order valence-electron chi connectivity index (χ0n) is 20.4. The molecule has 0 atom stereocenters. The molecule has 2 heterocycles. The van der Waals surface area contributed by atoms with Gasteiger partial charge in [-0.2, -0.15) is 33.4 Å². The number of nitriles is 2. The van der Waals surface area contributed by atoms with Crippen molar-refractivity contribution in [2.75, 3.05) is 0 Å². The van der Waals surface area contributed by atoms with Gasteiger partial charge in [-0.15, -0.1) is 0 Å². The van der Waals surface area contributed by atoms with Gasteiger partial charge in [-0.3, -0.25) is 9.97 Å². The Labute approximate surface area is 221 Å². The lowest BCUT2D eigenvalue weighted by molar-refractivity contribution is -0.0695. The average molecular weight is 516 g/mol. The van der Waals surface area contributed by atoms with Crippen molar-refractivity contribution in [2.24, 2.45) is 0 Å². The molecule has 0 radical (unpaired) electrons. The lowest BCUT2D eigenvalue weighted by Crippen LogP contribution is -2.27. The highest BCUT2D eigenvalue weighted by Crippen LogP contribution is 2.43. The van der Waals surface area contributed by atoms with Gasteiger partial charge in [0.25, 0.3) is 0 Å². The van der Waals surface area contributed by atoms with Gasteiger partial charge in [0.05, 0.1) is 22.5 Å². The number of halogens is 3. The predicted molar refractivity (Wildman–Crippen MR) is 137 cm³/mol. The van der Waals surface area contributed by atoms with Crippen molar-refractivity contribution in [3.63, 3.8) is 0 Å². The minimum absolute atomic E-state index is 0.0494. The molecule has 0 aliphatic heterocycles. The number of hydrogen-bond acceptors (Lipinski definition) is 4. The van der Waals surface area contributed by atoms with Crippen LogP contribution in [-0.4, -0.2) is 16.1 Å². The van der Waals surface area contributed by atoms with Gasteiger partial charge in [-0.1, -0.05) is 12.1 Å². The Morgan fingerprint density at radius 1 is 0.846 bits per heavy atom. The zero-order chi connectivity index (χ0) is 27.9. The second-order valence-electron chi connectivity index (χ2n) is 8.84. The second kappa shape index (κ2) is 9.42. The van der Waals surface area contributed by atoms with Crippen LogP contribution in [0, 0.1) is 35.8 Å². The van der Waals surface area contributed by atoms with Crippen LogP contribution in [0.3, 0.4) is 0 Å². The Kier molecular flexibility index (Phi) is 6.07. The van der Waals surface area contributed by atoms with Gasteiger partial charge >= 0.3 is 12.0 Å². The SMILES string of the molecule is [C-]#[N+]C([N+]#[C-])=C1Cc2c(-c3ccccn3)c3c(c(-c4ccccn4)c2=C1C)CC(=C(C#N)C#N)C=3C(F)(F)F. The van der Waals surface area contributed by atoms with Crippen molar-refractivity contribution < 1.29 is 13.2 Å². The van der Waals surface area contributed by atoms with E-state index in [0.29, 0.717) is 33.2 Å². The van der Waals surface area contributed by atoms with E-state index in [0.717, 1.165) is 0 Å². The predicted octanol–water partition coefficient (Wildman–Crippen LogP) is 5.20. The van der Waals surface area contributed by atoms with Gasteiger partial charge in [-0.05, 0) is 65.1 Å². The minimum Gasteiger partial charge on any atom is -0.256 e. The molecule has 9 heteroatoms. The summed E-state index contributed by atoms with van der Waals surface area (Å²) in [6, 6.07) is 13.3. The van der Waals surface area contributed by atoms with E-state index in [1.165, 1.54) is 12.4 Å². The summed E-state index contributed by atoms with van der Waals surface area (Å²) >= 11 is 0. The van der Waals surface area contributed by atoms with Crippen LogP contribution in [0.15, 0.2) is 71.3 Å². The highest BCUT2D eigenvalue weighted by molar-refractivity contribution is 5.91. The quantitative estimate of drug-likeness (QED) is 0.346. The molecule has 0 saturated heterocycles. The van der Waals surface area contributed by atoms with Gasteiger partial charge in [0.1, 0.15) is 30.9 Å². The topological polar surface area (TPSA) is 82.1 Å². The lowest BCUT2D eigenvalue weighted by Gasteiger charge is -2.16. The van der Waals surface area contributed by atoms with Crippen molar-refractivity contribution in [2.45, 2.75) is 25.9 Å². The highest BCUT2D eigenvalue weighted by atomic mass is 19.4. The van der Waals surface area contributed by atoms with E-state index in [2.05, 4.69) is 19.7 Å². The first kappa shape index (κ1) is 25.2. The van der Waals surface area contributed by atoms with Crippen LogP contribution in [0.5, 0.6) is 0 Å². The fraction of sp³-hybridized carbons (Fsp3) is 0.133. The summed E-state index contributed by atoms with van der Waals surface area (Å²) in [4.78, 5) is 15.6. The van der Waals surface area contributed by atoms with Crippen LogP contribution < -0.4 is 10.4 Å². The van der Waals surface area contributed by atoms with Crippen LogP contribution in [0.25, 0.3) is 43.4 Å². The molecule has 0 N–H and O–H groups in total. The van der Waals surface area contributed by atoms with Crippen LogP contribution in [0.1, 0.15) is 18.1 Å². The van der Waals surface area contributed by atoms with Crippen molar-refractivity contribution in [3.05, 3.63) is 116 Å². The molecule has 0 bridgehead atoms. The maximum atomic E-state index is 14.9. The normalized spacial score (nSPS) is 13.6. The average Bonchev–Trinajstić information content (AvgIpc) is 3.49. The molecule has 5 rings (SSSR count). The largest absolute Gasteiger partial charge is 0.523 e. The first-order valence-corrected chi connectivity index (χ1v) is 11.6. The molecule has 39 heavy (non-hydrogen) atoms. The number of hydrogen-bond donors (Lipinski definition) is 0. The molecule has 6 nitrogen and oxygen atoms in total. The molecule has 0 saturated carbocycles. The third-order valence-electron chi connectivity index (χ3n) is 6.93. The number of alkyl halides is 3. The van der Waals surface area contributed by atoms with Crippen LogP contribution in [0.2, 0.25) is 0 Å². The van der Waals surface area contributed by atoms with E-state index in [1.807, 2.05) is 0 Å². The Balaban J connectivity index is 2.15. The van der Waals surface area contributed by atoms with E-state index in [1.54, 1.807) is 55.5 Å². The van der Waals surface area contributed by atoms with Crippen molar-refractivity contribution in [1.82, 2.24) is 9.97 Å². The molecule has 1 aromatic carbocycles. The van der Waals surface area contributed by atoms with Gasteiger partial charge < -0.3 is 0 Å². The number of pyridine rings is 2. The summed E-state index contributed by atoms with van der Waals surface area (Å²) in [5.74, 6) is -0.153. The Morgan fingerprint density at radius 2 is 1.36 bits per heavy atom. The van der Waals surface area contributed by atoms with Crippen LogP contribution in [0.4, 0.5) is 13.2 Å². The van der Waals surface area contributed by atoms with E-state index < -0.39 is 22.9 Å². The maximum Gasteiger partial charge on any atom is 0.523 e. The Hall–Kier alpha value is -5.51. The summed E-state index contributed by atoms with van der Waals surface area (Å²) in [6.45, 7) is 16.8. The summed E-state index contributed by atoms with van der Waals surface area (Å²) in [7, 11) is 0. The van der Waals surface area contributed by atoms with Gasteiger partial charge in [0, 0.05) is 35.2 Å². The molecule has 0 fully saturated rings. The van der Waals surface area contributed by atoms with Gasteiger partial charge in [-0.25, -0.2) is 0 Å². The van der Waals surface area contributed by atoms with Crippen LogP contribution in [-0.2, 0) is 12.8 Å². The Morgan fingerprint density at radius 3 is 1.82 bits per heavy atom. The fourth-order valence-electron chi connectivity index (χ4n) is 5.45. The fourth-order valence-corrected chi connectivity index (χ4v) is 5.45. The molecule has 0 unspecified atom stereocenters. The molecule has 0 spiro atoms. The third-order valence-corrected chi connectivity index (χ3v) is 6.93. The van der Waals surface area contributed by atoms with E-state index >= 15 is 0 Å². The minimum atomic E-state index is -4.90. The molecule has 3 aromatic rings. The van der Waals surface area contributed by atoms with Crippen molar-refractivity contribution in [1.29, 1.82) is 10.5 Å². The lowest BCUT2D eigenvalue weighted by atomic mass is 9.89. The van der Waals surface area contributed by atoms with Gasteiger partial charge in [0.2, 0.25) is 0 Å². The number of nitrogens with zero attached hydrogens (tertiary/aromatic N) is 6. The first-order valence-electron chi connectivity index (χ1n) is 11.6. The molecular formula is C30H15F3N6.